The average molecular weight is 589 g/mol. The van der Waals surface area contributed by atoms with Crippen LogP contribution in [0.25, 0.3) is 0 Å². The molecule has 3 heterocycles. The molecular weight excluding hydrogens is 545 g/mol. The molecule has 7 nitrogen and oxygen atoms in total. The predicted octanol–water partition coefficient (Wildman–Crippen LogP) is 4.97. The molecule has 0 bridgehead atoms. The van der Waals surface area contributed by atoms with E-state index in [0.717, 1.165) is 63.1 Å². The molecule has 0 spiro atoms. The Bertz CT molecular complexity index is 1130. The normalized spacial score (nSPS) is 18.7. The van der Waals surface area contributed by atoms with Gasteiger partial charge in [-0.05, 0) is 87.1 Å². The van der Waals surface area contributed by atoms with Crippen LogP contribution in [0, 0.1) is 0 Å². The molecule has 2 aliphatic heterocycles. The summed E-state index contributed by atoms with van der Waals surface area (Å²) in [7, 11) is 5.64. The van der Waals surface area contributed by atoms with Gasteiger partial charge in [0, 0.05) is 59.1 Å². The van der Waals surface area contributed by atoms with E-state index in [1.54, 1.807) is 17.3 Å². The summed E-state index contributed by atoms with van der Waals surface area (Å²) in [6.45, 7) is 5.29. The summed E-state index contributed by atoms with van der Waals surface area (Å²) in [4.78, 5) is 39.1. The summed E-state index contributed by atoms with van der Waals surface area (Å²) in [5.41, 5.74) is 1.65. The van der Waals surface area contributed by atoms with E-state index in [1.165, 1.54) is 19.3 Å². The van der Waals surface area contributed by atoms with Crippen molar-refractivity contribution in [2.45, 2.75) is 56.4 Å². The highest BCUT2D eigenvalue weighted by Crippen LogP contribution is 2.34. The van der Waals surface area contributed by atoms with E-state index < -0.39 is 0 Å². The van der Waals surface area contributed by atoms with Gasteiger partial charge in [0.15, 0.2) is 0 Å². The smallest absolute Gasteiger partial charge is 0.242 e. The number of nitrogens with zero attached hydrogens (tertiary/aromatic N) is 5. The number of hydrogen-bond acceptors (Lipinski definition) is 5. The maximum atomic E-state index is 13.5. The third kappa shape index (κ3) is 7.55. The maximum Gasteiger partial charge on any atom is 0.242 e. The Hall–Kier alpha value is -2.19. The van der Waals surface area contributed by atoms with Crippen LogP contribution in [0.1, 0.15) is 55.6 Å². The Morgan fingerprint density at radius 1 is 0.950 bits per heavy atom. The highest BCUT2D eigenvalue weighted by molar-refractivity contribution is 6.42. The van der Waals surface area contributed by atoms with Gasteiger partial charge in [0.25, 0.3) is 0 Å². The van der Waals surface area contributed by atoms with Crippen molar-refractivity contribution in [1.29, 1.82) is 0 Å². The zero-order chi connectivity index (χ0) is 28.7. The second kappa shape index (κ2) is 14.1. The van der Waals surface area contributed by atoms with E-state index >= 15 is 0 Å². The van der Waals surface area contributed by atoms with Crippen molar-refractivity contribution in [3.8, 4) is 0 Å². The van der Waals surface area contributed by atoms with Crippen molar-refractivity contribution in [1.82, 2.24) is 24.6 Å². The van der Waals surface area contributed by atoms with Gasteiger partial charge in [-0.25, -0.2) is 0 Å². The summed E-state index contributed by atoms with van der Waals surface area (Å²) in [6.07, 6.45) is 9.95. The van der Waals surface area contributed by atoms with Gasteiger partial charge in [-0.3, -0.25) is 19.5 Å². The minimum absolute atomic E-state index is 0.0720. The first kappa shape index (κ1) is 30.8. The first-order chi connectivity index (χ1) is 19.2. The van der Waals surface area contributed by atoms with Crippen molar-refractivity contribution in [3.63, 3.8) is 0 Å². The first-order valence-corrected chi connectivity index (χ1v) is 15.2. The number of amides is 2. The summed E-state index contributed by atoms with van der Waals surface area (Å²) in [5.74, 6) is 0.429. The number of pyridine rings is 1. The summed E-state index contributed by atoms with van der Waals surface area (Å²) < 4.78 is 0. The topological polar surface area (TPSA) is 60.0 Å². The van der Waals surface area contributed by atoms with E-state index in [4.69, 9.17) is 23.2 Å². The van der Waals surface area contributed by atoms with Crippen LogP contribution in [-0.2, 0) is 16.0 Å². The molecule has 2 aliphatic rings. The monoisotopic (exact) mass is 587 g/mol. The minimum atomic E-state index is -0.386. The molecule has 2 aromatic rings. The molecule has 4 rings (SSSR count). The Morgan fingerprint density at radius 2 is 1.62 bits per heavy atom. The molecule has 2 fully saturated rings. The highest BCUT2D eigenvalue weighted by Gasteiger charge is 2.47. The molecule has 0 saturated carbocycles. The second-order valence-corrected chi connectivity index (χ2v) is 12.4. The Balaban J connectivity index is 1.42. The van der Waals surface area contributed by atoms with E-state index in [9.17, 15) is 9.59 Å². The van der Waals surface area contributed by atoms with Crippen LogP contribution in [0.3, 0.4) is 0 Å². The fourth-order valence-electron chi connectivity index (χ4n) is 6.26. The van der Waals surface area contributed by atoms with Crippen LogP contribution >= 0.6 is 23.2 Å². The van der Waals surface area contributed by atoms with Crippen LogP contribution in [0.4, 0.5) is 0 Å². The van der Waals surface area contributed by atoms with Crippen molar-refractivity contribution in [2.24, 2.45) is 0 Å². The maximum absolute atomic E-state index is 13.5. The van der Waals surface area contributed by atoms with Gasteiger partial charge in [0.05, 0.1) is 16.5 Å². The Morgan fingerprint density at radius 3 is 2.25 bits per heavy atom. The van der Waals surface area contributed by atoms with E-state index in [1.807, 2.05) is 56.4 Å². The minimum Gasteiger partial charge on any atom is -0.347 e. The van der Waals surface area contributed by atoms with Crippen molar-refractivity contribution < 1.29 is 9.59 Å². The molecule has 2 saturated heterocycles. The number of rotatable bonds is 10. The first-order valence-electron chi connectivity index (χ1n) is 14.5. The van der Waals surface area contributed by atoms with Crippen LogP contribution in [-0.4, -0.2) is 102 Å². The Labute approximate surface area is 249 Å². The van der Waals surface area contributed by atoms with Crippen LogP contribution in [0.2, 0.25) is 10.0 Å². The van der Waals surface area contributed by atoms with Gasteiger partial charge >= 0.3 is 0 Å². The lowest BCUT2D eigenvalue weighted by Crippen LogP contribution is -2.64. The fourth-order valence-corrected chi connectivity index (χ4v) is 6.57. The lowest BCUT2D eigenvalue weighted by Gasteiger charge is -2.50. The van der Waals surface area contributed by atoms with Gasteiger partial charge in [0.1, 0.15) is 5.54 Å². The van der Waals surface area contributed by atoms with Crippen molar-refractivity contribution in [2.75, 3.05) is 60.4 Å². The van der Waals surface area contributed by atoms with E-state index in [-0.39, 0.29) is 23.3 Å². The SMILES string of the molecule is CN(C)C(=O)C1(N2CCCCC2)CCN(CCC(CN(C)C(=O)Cc2ccncc2)c2ccc(Cl)c(Cl)c2)CC1. The molecule has 1 unspecified atom stereocenters. The third-order valence-corrected chi connectivity index (χ3v) is 9.42. The molecule has 0 radical (unpaired) electrons. The zero-order valence-corrected chi connectivity index (χ0v) is 25.6. The van der Waals surface area contributed by atoms with Crippen LogP contribution < -0.4 is 0 Å². The van der Waals surface area contributed by atoms with Crippen molar-refractivity contribution in [3.05, 3.63) is 63.9 Å². The van der Waals surface area contributed by atoms with Gasteiger partial charge in [-0.2, -0.15) is 0 Å². The fraction of sp³-hybridized carbons (Fsp3) is 0.581. The molecule has 1 atom stereocenters. The van der Waals surface area contributed by atoms with Gasteiger partial charge in [-0.15, -0.1) is 0 Å². The van der Waals surface area contributed by atoms with Crippen LogP contribution in [0.15, 0.2) is 42.7 Å². The molecule has 0 N–H and O–H groups in total. The average Bonchev–Trinajstić information content (AvgIpc) is 2.97. The number of carbonyl (C=O) groups excluding carboxylic acids is 2. The zero-order valence-electron chi connectivity index (χ0n) is 24.1. The number of benzene rings is 1. The van der Waals surface area contributed by atoms with Crippen LogP contribution in [0.5, 0.6) is 0 Å². The van der Waals surface area contributed by atoms with E-state index in [0.29, 0.717) is 23.0 Å². The molecule has 1 aromatic carbocycles. The number of carbonyl (C=O) groups is 2. The lowest BCUT2D eigenvalue weighted by molar-refractivity contribution is -0.147. The predicted molar refractivity (Wildman–Crippen MR) is 162 cm³/mol. The molecule has 218 valence electrons. The quantitative estimate of drug-likeness (QED) is 0.392. The standard InChI is InChI=1S/C31H43Cl2N5O2/c1-35(2)30(40)31(38-16-5-4-6-17-38)12-19-37(20-13-31)18-11-26(25-7-8-27(32)28(33)22-25)23-36(3)29(39)21-24-9-14-34-15-10-24/h7-10,14-15,22,26H,4-6,11-13,16-21,23H2,1-3H3. The molecule has 9 heteroatoms. The highest BCUT2D eigenvalue weighted by atomic mass is 35.5. The molecule has 40 heavy (non-hydrogen) atoms. The lowest BCUT2D eigenvalue weighted by atomic mass is 9.82. The Kier molecular flexibility index (Phi) is 10.9. The largest absolute Gasteiger partial charge is 0.347 e. The van der Waals surface area contributed by atoms with Crippen molar-refractivity contribution >= 4 is 35.0 Å². The summed E-state index contributed by atoms with van der Waals surface area (Å²) >= 11 is 12.6. The number of likely N-dealkylation sites (tertiary alicyclic amines) is 2. The molecule has 2 amide bonds. The number of piperidine rings is 2. The number of hydrogen-bond donors (Lipinski definition) is 0. The molecular formula is C31H43Cl2N5O2. The number of aromatic nitrogens is 1. The van der Waals surface area contributed by atoms with Gasteiger partial charge < -0.3 is 14.7 Å². The number of halogens is 2. The summed E-state index contributed by atoms with van der Waals surface area (Å²) in [6, 6.07) is 9.55. The summed E-state index contributed by atoms with van der Waals surface area (Å²) in [5, 5.41) is 1.06. The second-order valence-electron chi connectivity index (χ2n) is 11.6. The van der Waals surface area contributed by atoms with Gasteiger partial charge in [0.2, 0.25) is 11.8 Å². The van der Waals surface area contributed by atoms with Gasteiger partial charge in [-0.1, -0.05) is 35.7 Å². The third-order valence-electron chi connectivity index (χ3n) is 8.68. The molecule has 0 aliphatic carbocycles. The van der Waals surface area contributed by atoms with E-state index in [2.05, 4.69) is 14.8 Å². The molecule has 1 aromatic heterocycles. The number of likely N-dealkylation sites (N-methyl/N-ethyl adjacent to an activating group) is 2.